The highest BCUT2D eigenvalue weighted by Gasteiger charge is 2.11. The first-order chi connectivity index (χ1) is 11.8. The largest absolute Gasteiger partial charge is 0.494 e. The highest BCUT2D eigenvalue weighted by atomic mass is 35.5. The van der Waals surface area contributed by atoms with Crippen molar-refractivity contribution < 1.29 is 23.9 Å². The Morgan fingerprint density at radius 2 is 1.96 bits per heavy atom. The normalized spacial score (nSPS) is 10.3. The molecule has 1 aromatic carbocycles. The summed E-state index contributed by atoms with van der Waals surface area (Å²) in [4.78, 5) is 34.3. The average Bonchev–Trinajstić information content (AvgIpc) is 2.52. The van der Waals surface area contributed by atoms with Gasteiger partial charge in [-0.3, -0.25) is 14.9 Å². The second-order valence-corrected chi connectivity index (χ2v) is 6.11. The van der Waals surface area contributed by atoms with Gasteiger partial charge in [-0.15, -0.1) is 0 Å². The van der Waals surface area contributed by atoms with Crippen LogP contribution in [0.15, 0.2) is 18.2 Å². The number of urea groups is 1. The first-order valence-electron chi connectivity index (χ1n) is 7.93. The van der Waals surface area contributed by atoms with Crippen molar-refractivity contribution in [2.45, 2.75) is 39.7 Å². The summed E-state index contributed by atoms with van der Waals surface area (Å²) in [5.41, 5.74) is 0.908. The minimum atomic E-state index is -0.681. The van der Waals surface area contributed by atoms with Gasteiger partial charge in [0.05, 0.1) is 6.61 Å². The fourth-order valence-corrected chi connectivity index (χ4v) is 1.91. The van der Waals surface area contributed by atoms with Crippen LogP contribution in [0.1, 0.15) is 32.3 Å². The van der Waals surface area contributed by atoms with E-state index in [1.54, 1.807) is 26.0 Å². The molecule has 1 rings (SSSR count). The van der Waals surface area contributed by atoms with Gasteiger partial charge < -0.3 is 14.8 Å². The zero-order valence-corrected chi connectivity index (χ0v) is 15.3. The summed E-state index contributed by atoms with van der Waals surface area (Å²) < 4.78 is 10.3. The highest BCUT2D eigenvalue weighted by molar-refractivity contribution is 6.31. The molecular formula is C17H23ClN2O5. The lowest BCUT2D eigenvalue weighted by Crippen LogP contribution is -2.44. The summed E-state index contributed by atoms with van der Waals surface area (Å²) in [6.45, 7) is 5.23. The summed E-state index contributed by atoms with van der Waals surface area (Å²) in [5.74, 6) is -0.541. The number of imide groups is 1. The number of rotatable bonds is 8. The Bertz CT molecular complexity index is 619. The van der Waals surface area contributed by atoms with E-state index in [0.29, 0.717) is 23.8 Å². The summed E-state index contributed by atoms with van der Waals surface area (Å²) in [7, 11) is 0. The summed E-state index contributed by atoms with van der Waals surface area (Å²) in [6.07, 6.45) is 0.550. The molecule has 0 bridgehead atoms. The quantitative estimate of drug-likeness (QED) is 0.542. The number of aryl methyl sites for hydroxylation is 1. The number of ether oxygens (including phenoxy) is 2. The molecule has 0 heterocycles. The Morgan fingerprint density at radius 3 is 2.60 bits per heavy atom. The number of halogens is 1. The highest BCUT2D eigenvalue weighted by Crippen LogP contribution is 2.21. The number of carbonyl (C=O) groups excluding carboxylic acids is 3. The Kier molecular flexibility index (Phi) is 8.77. The maximum Gasteiger partial charge on any atom is 0.321 e. The van der Waals surface area contributed by atoms with Gasteiger partial charge >= 0.3 is 12.0 Å². The van der Waals surface area contributed by atoms with Gasteiger partial charge in [-0.05, 0) is 51.0 Å². The van der Waals surface area contributed by atoms with Crippen LogP contribution in [-0.2, 0) is 14.3 Å². The molecule has 0 fully saturated rings. The zero-order valence-electron chi connectivity index (χ0n) is 14.6. The van der Waals surface area contributed by atoms with Gasteiger partial charge in [0.15, 0.2) is 6.61 Å². The molecule has 0 aliphatic heterocycles. The van der Waals surface area contributed by atoms with E-state index in [1.165, 1.54) is 0 Å². The van der Waals surface area contributed by atoms with Gasteiger partial charge in [-0.25, -0.2) is 4.79 Å². The predicted octanol–water partition coefficient (Wildman–Crippen LogP) is 2.58. The molecule has 0 aliphatic carbocycles. The number of carbonyl (C=O) groups is 3. The van der Waals surface area contributed by atoms with E-state index in [0.717, 1.165) is 5.56 Å². The third-order valence-corrected chi connectivity index (χ3v) is 3.38. The molecule has 1 aromatic rings. The van der Waals surface area contributed by atoms with Crippen molar-refractivity contribution in [3.63, 3.8) is 0 Å². The fraction of sp³-hybridized carbons (Fsp3) is 0.471. The minimum absolute atomic E-state index is 0.0974. The Morgan fingerprint density at radius 1 is 1.24 bits per heavy atom. The predicted molar refractivity (Wildman–Crippen MR) is 93.7 cm³/mol. The van der Waals surface area contributed by atoms with E-state index in [-0.39, 0.29) is 12.5 Å². The van der Waals surface area contributed by atoms with E-state index in [9.17, 15) is 14.4 Å². The molecule has 0 unspecified atom stereocenters. The van der Waals surface area contributed by atoms with Crippen LogP contribution in [0.5, 0.6) is 5.75 Å². The van der Waals surface area contributed by atoms with Gasteiger partial charge in [0.2, 0.25) is 0 Å². The molecule has 0 aromatic heterocycles. The van der Waals surface area contributed by atoms with Gasteiger partial charge in [0.1, 0.15) is 5.75 Å². The van der Waals surface area contributed by atoms with Crippen molar-refractivity contribution >= 4 is 29.5 Å². The monoisotopic (exact) mass is 370 g/mol. The topological polar surface area (TPSA) is 93.7 Å². The number of hydrogen-bond acceptors (Lipinski definition) is 5. The first-order valence-corrected chi connectivity index (χ1v) is 8.30. The number of hydrogen-bond donors (Lipinski definition) is 2. The maximum absolute atomic E-state index is 11.5. The standard InChI is InChI=1S/C17H23ClN2O5/c1-11(2)19-17(23)20-15(21)10-25-16(22)5-4-8-24-13-6-7-14(18)12(3)9-13/h6-7,9,11H,4-5,8,10H2,1-3H3,(H2,19,20,21,23). The molecule has 2 N–H and O–H groups in total. The molecule has 138 valence electrons. The number of esters is 1. The summed E-state index contributed by atoms with van der Waals surface area (Å²) in [6, 6.07) is 4.59. The number of amides is 3. The third kappa shape index (κ3) is 8.95. The van der Waals surface area contributed by atoms with Crippen molar-refractivity contribution in [2.24, 2.45) is 0 Å². The molecule has 0 saturated carbocycles. The number of benzene rings is 1. The van der Waals surface area contributed by atoms with Crippen molar-refractivity contribution in [1.82, 2.24) is 10.6 Å². The fourth-order valence-electron chi connectivity index (χ4n) is 1.79. The van der Waals surface area contributed by atoms with Crippen molar-refractivity contribution in [3.8, 4) is 5.75 Å². The molecule has 0 spiro atoms. The molecule has 3 amide bonds. The SMILES string of the molecule is Cc1cc(OCCCC(=O)OCC(=O)NC(=O)NC(C)C)ccc1Cl. The van der Waals surface area contributed by atoms with E-state index < -0.39 is 24.5 Å². The molecule has 0 radical (unpaired) electrons. The van der Waals surface area contributed by atoms with Crippen LogP contribution in [0.4, 0.5) is 4.79 Å². The van der Waals surface area contributed by atoms with Crippen LogP contribution >= 0.6 is 11.6 Å². The third-order valence-electron chi connectivity index (χ3n) is 2.96. The summed E-state index contributed by atoms with van der Waals surface area (Å²) in [5, 5.41) is 5.22. The molecule has 25 heavy (non-hydrogen) atoms. The molecule has 0 aliphatic rings. The second kappa shape index (κ2) is 10.6. The number of nitrogens with one attached hydrogen (secondary N) is 2. The van der Waals surface area contributed by atoms with E-state index in [2.05, 4.69) is 10.6 Å². The first kappa shape index (κ1) is 20.8. The van der Waals surface area contributed by atoms with Crippen molar-refractivity contribution in [2.75, 3.05) is 13.2 Å². The second-order valence-electron chi connectivity index (χ2n) is 5.70. The molecule has 7 nitrogen and oxygen atoms in total. The van der Waals surface area contributed by atoms with Crippen LogP contribution in [0, 0.1) is 6.92 Å². The Hall–Kier alpha value is -2.28. The lowest BCUT2D eigenvalue weighted by molar-refractivity contribution is -0.148. The molecular weight excluding hydrogens is 348 g/mol. The molecule has 0 saturated heterocycles. The Labute approximate surface area is 152 Å². The van der Waals surface area contributed by atoms with Crippen LogP contribution in [0.3, 0.4) is 0 Å². The Balaban J connectivity index is 2.17. The molecule has 8 heteroatoms. The van der Waals surface area contributed by atoms with Crippen LogP contribution in [0.2, 0.25) is 5.02 Å². The maximum atomic E-state index is 11.5. The smallest absolute Gasteiger partial charge is 0.321 e. The lowest BCUT2D eigenvalue weighted by atomic mass is 10.2. The van der Waals surface area contributed by atoms with Crippen molar-refractivity contribution in [1.29, 1.82) is 0 Å². The van der Waals surface area contributed by atoms with Gasteiger partial charge in [0, 0.05) is 17.5 Å². The summed E-state index contributed by atoms with van der Waals surface area (Å²) >= 11 is 5.93. The van der Waals surface area contributed by atoms with E-state index >= 15 is 0 Å². The van der Waals surface area contributed by atoms with Crippen LogP contribution in [-0.4, -0.2) is 37.2 Å². The van der Waals surface area contributed by atoms with Crippen molar-refractivity contribution in [3.05, 3.63) is 28.8 Å². The van der Waals surface area contributed by atoms with Crippen LogP contribution in [0.25, 0.3) is 0 Å². The van der Waals surface area contributed by atoms with Crippen LogP contribution < -0.4 is 15.4 Å². The zero-order chi connectivity index (χ0) is 18.8. The average molecular weight is 371 g/mol. The molecule has 0 atom stereocenters. The van der Waals surface area contributed by atoms with Gasteiger partial charge in [-0.1, -0.05) is 11.6 Å². The van der Waals surface area contributed by atoms with E-state index in [4.69, 9.17) is 21.1 Å². The minimum Gasteiger partial charge on any atom is -0.494 e. The lowest BCUT2D eigenvalue weighted by Gasteiger charge is -2.10. The van der Waals surface area contributed by atoms with Gasteiger partial charge in [0.25, 0.3) is 5.91 Å². The van der Waals surface area contributed by atoms with Gasteiger partial charge in [-0.2, -0.15) is 0 Å². The van der Waals surface area contributed by atoms with E-state index in [1.807, 2.05) is 13.0 Å².